The minimum Gasteiger partial charge on any atom is -0.301 e. The predicted molar refractivity (Wildman–Crippen MR) is 109 cm³/mol. The molecule has 0 radical (unpaired) electrons. The number of aromatic nitrogens is 1. The summed E-state index contributed by atoms with van der Waals surface area (Å²) in [7, 11) is 0. The van der Waals surface area contributed by atoms with Crippen molar-refractivity contribution in [1.29, 1.82) is 0 Å². The van der Waals surface area contributed by atoms with Crippen LogP contribution in [0.4, 0.5) is 0 Å². The number of benzene rings is 2. The molecule has 3 aromatic rings. The van der Waals surface area contributed by atoms with Gasteiger partial charge in [0.2, 0.25) is 0 Å². The summed E-state index contributed by atoms with van der Waals surface area (Å²) in [5.41, 5.74) is 4.16. The third-order valence-electron chi connectivity index (χ3n) is 4.24. The molecule has 2 aromatic carbocycles. The number of carbonyl (C=O) groups is 1. The minimum absolute atomic E-state index is 0.192. The molecule has 4 rings (SSSR count). The third kappa shape index (κ3) is 3.32. The van der Waals surface area contributed by atoms with Gasteiger partial charge in [0.25, 0.3) is 5.91 Å². The zero-order valence-corrected chi connectivity index (χ0v) is 15.7. The molecule has 1 N–H and O–H groups in total. The Labute approximate surface area is 160 Å². The average Bonchev–Trinajstić information content (AvgIpc) is 3.14. The Kier molecular flexibility index (Phi) is 4.66. The fourth-order valence-electron chi connectivity index (χ4n) is 2.96. The first-order valence-corrected chi connectivity index (χ1v) is 9.63. The highest BCUT2D eigenvalue weighted by Gasteiger charge is 2.18. The molecule has 1 aliphatic rings. The number of aryl methyl sites for hydroxylation is 1. The normalized spacial score (nSPS) is 13.7. The van der Waals surface area contributed by atoms with Crippen LogP contribution < -0.4 is 5.32 Å². The quantitative estimate of drug-likeness (QED) is 0.700. The van der Waals surface area contributed by atoms with Crippen LogP contribution in [0.3, 0.4) is 0 Å². The summed E-state index contributed by atoms with van der Waals surface area (Å²) in [6.45, 7) is 2.77. The molecule has 130 valence electrons. The molecule has 1 aromatic heterocycles. The third-order valence-corrected chi connectivity index (χ3v) is 5.37. The summed E-state index contributed by atoms with van der Waals surface area (Å²) >= 11 is 7.71. The van der Waals surface area contributed by atoms with Crippen molar-refractivity contribution in [3.8, 4) is 11.3 Å². The number of aliphatic imine (C=N–C) groups is 1. The van der Waals surface area contributed by atoms with Crippen LogP contribution in [0, 0.1) is 6.92 Å². The highest BCUT2D eigenvalue weighted by atomic mass is 35.5. The lowest BCUT2D eigenvalue weighted by molar-refractivity contribution is 0.0979. The second-order valence-corrected chi connectivity index (χ2v) is 7.54. The van der Waals surface area contributed by atoms with E-state index in [1.54, 1.807) is 23.9 Å². The average molecular weight is 382 g/mol. The monoisotopic (exact) mass is 381 g/mol. The van der Waals surface area contributed by atoms with Gasteiger partial charge in [0.15, 0.2) is 5.17 Å². The molecule has 1 amide bonds. The maximum absolute atomic E-state index is 12.9. The highest BCUT2D eigenvalue weighted by molar-refractivity contribution is 8.14. The molecule has 26 heavy (non-hydrogen) atoms. The van der Waals surface area contributed by atoms with Gasteiger partial charge >= 0.3 is 0 Å². The number of rotatable bonds is 2. The smallest absolute Gasteiger partial charge is 0.257 e. The number of halogens is 1. The zero-order chi connectivity index (χ0) is 18.1. The van der Waals surface area contributed by atoms with E-state index in [4.69, 9.17) is 16.6 Å². The standard InChI is InChI=1S/C20H16ClN3OS/c1-12-4-2-3-5-14(12)18-11-16(19(25)24-20-22-8-9-26-20)15-10-13(21)6-7-17(15)23-18/h2-7,10-11H,8-9H2,1H3,(H,22,24,25). The number of carbonyl (C=O) groups excluding carboxylic acids is 1. The molecule has 0 bridgehead atoms. The van der Waals surface area contributed by atoms with Crippen LogP contribution in [-0.2, 0) is 0 Å². The predicted octanol–water partition coefficient (Wildman–Crippen LogP) is 4.70. The summed E-state index contributed by atoms with van der Waals surface area (Å²) in [5, 5.41) is 4.88. The van der Waals surface area contributed by atoms with Gasteiger partial charge in [-0.3, -0.25) is 9.79 Å². The maximum Gasteiger partial charge on any atom is 0.257 e. The number of nitrogens with one attached hydrogen (secondary N) is 1. The van der Waals surface area contributed by atoms with E-state index in [9.17, 15) is 4.79 Å². The van der Waals surface area contributed by atoms with Crippen LogP contribution in [0.2, 0.25) is 5.02 Å². The van der Waals surface area contributed by atoms with Gasteiger partial charge < -0.3 is 5.32 Å². The Hall–Kier alpha value is -2.37. The van der Waals surface area contributed by atoms with Crippen LogP contribution in [0.15, 0.2) is 53.5 Å². The molecule has 0 aliphatic carbocycles. The van der Waals surface area contributed by atoms with E-state index in [1.165, 1.54) is 0 Å². The van der Waals surface area contributed by atoms with Crippen LogP contribution >= 0.6 is 23.4 Å². The molecule has 2 heterocycles. The molecule has 0 fully saturated rings. The maximum atomic E-state index is 12.9. The number of nitrogens with zero attached hydrogens (tertiary/aromatic N) is 2. The van der Waals surface area contributed by atoms with E-state index < -0.39 is 0 Å². The van der Waals surface area contributed by atoms with Gasteiger partial charge in [-0.2, -0.15) is 0 Å². The van der Waals surface area contributed by atoms with Crippen molar-refractivity contribution in [2.75, 3.05) is 12.3 Å². The Morgan fingerprint density at radius 2 is 2.04 bits per heavy atom. The summed E-state index contributed by atoms with van der Waals surface area (Å²) in [5.74, 6) is 0.704. The summed E-state index contributed by atoms with van der Waals surface area (Å²) in [6.07, 6.45) is 0. The van der Waals surface area contributed by atoms with E-state index in [0.29, 0.717) is 15.8 Å². The second-order valence-electron chi connectivity index (χ2n) is 6.02. The first-order valence-electron chi connectivity index (χ1n) is 8.27. The van der Waals surface area contributed by atoms with E-state index in [2.05, 4.69) is 10.3 Å². The number of pyridine rings is 1. The lowest BCUT2D eigenvalue weighted by Gasteiger charge is -2.12. The fourth-order valence-corrected chi connectivity index (χ4v) is 3.85. The van der Waals surface area contributed by atoms with Crippen LogP contribution in [0.5, 0.6) is 0 Å². The van der Waals surface area contributed by atoms with Crippen LogP contribution in [0.25, 0.3) is 22.2 Å². The number of hydrogen-bond donors (Lipinski definition) is 1. The molecule has 0 saturated heterocycles. The molecule has 6 heteroatoms. The van der Waals surface area contributed by atoms with E-state index in [0.717, 1.165) is 40.0 Å². The number of hydrogen-bond acceptors (Lipinski definition) is 4. The van der Waals surface area contributed by atoms with Gasteiger partial charge in [-0.05, 0) is 36.8 Å². The largest absolute Gasteiger partial charge is 0.301 e. The number of thioether (sulfide) groups is 1. The first kappa shape index (κ1) is 17.1. The Bertz CT molecular complexity index is 1050. The minimum atomic E-state index is -0.192. The van der Waals surface area contributed by atoms with Crippen molar-refractivity contribution in [1.82, 2.24) is 10.3 Å². The topological polar surface area (TPSA) is 54.4 Å². The van der Waals surface area contributed by atoms with Crippen molar-refractivity contribution in [2.24, 2.45) is 4.99 Å². The number of amides is 1. The molecule has 0 saturated carbocycles. The summed E-state index contributed by atoms with van der Waals surface area (Å²) in [6, 6.07) is 15.3. The summed E-state index contributed by atoms with van der Waals surface area (Å²) in [4.78, 5) is 22.0. The van der Waals surface area contributed by atoms with Gasteiger partial charge in [-0.25, -0.2) is 4.98 Å². The molecule has 0 unspecified atom stereocenters. The highest BCUT2D eigenvalue weighted by Crippen LogP contribution is 2.28. The first-order chi connectivity index (χ1) is 12.6. The van der Waals surface area contributed by atoms with Gasteiger partial charge in [0, 0.05) is 21.7 Å². The Morgan fingerprint density at radius 1 is 1.19 bits per heavy atom. The lowest BCUT2D eigenvalue weighted by Crippen LogP contribution is -2.27. The van der Waals surface area contributed by atoms with Crippen molar-refractivity contribution in [2.45, 2.75) is 6.92 Å². The number of fused-ring (bicyclic) bond motifs is 1. The van der Waals surface area contributed by atoms with Crippen LogP contribution in [0.1, 0.15) is 15.9 Å². The zero-order valence-electron chi connectivity index (χ0n) is 14.1. The van der Waals surface area contributed by atoms with Crippen LogP contribution in [-0.4, -0.2) is 28.4 Å². The molecular weight excluding hydrogens is 366 g/mol. The molecular formula is C20H16ClN3OS. The molecule has 4 nitrogen and oxygen atoms in total. The molecule has 0 spiro atoms. The lowest BCUT2D eigenvalue weighted by atomic mass is 10.0. The molecule has 0 atom stereocenters. The Morgan fingerprint density at radius 3 is 2.81 bits per heavy atom. The van der Waals surface area contributed by atoms with Gasteiger partial charge in [-0.1, -0.05) is 47.6 Å². The fraction of sp³-hybridized carbons (Fsp3) is 0.150. The van der Waals surface area contributed by atoms with Crippen molar-refractivity contribution in [3.63, 3.8) is 0 Å². The van der Waals surface area contributed by atoms with Crippen molar-refractivity contribution < 1.29 is 4.79 Å². The number of amidine groups is 1. The van der Waals surface area contributed by atoms with Gasteiger partial charge in [-0.15, -0.1) is 0 Å². The van der Waals surface area contributed by atoms with Gasteiger partial charge in [0.05, 0.1) is 23.3 Å². The SMILES string of the molecule is Cc1ccccc1-c1cc(C(=O)NC2=NCCS2)c2cc(Cl)ccc2n1. The summed E-state index contributed by atoms with van der Waals surface area (Å²) < 4.78 is 0. The van der Waals surface area contributed by atoms with Gasteiger partial charge in [0.1, 0.15) is 0 Å². The van der Waals surface area contributed by atoms with Crippen molar-refractivity contribution in [3.05, 3.63) is 64.7 Å². The molecule has 1 aliphatic heterocycles. The van der Waals surface area contributed by atoms with Crippen molar-refractivity contribution >= 4 is 45.3 Å². The van der Waals surface area contributed by atoms with E-state index in [-0.39, 0.29) is 5.91 Å². The van der Waals surface area contributed by atoms with E-state index in [1.807, 2.05) is 43.3 Å². The van der Waals surface area contributed by atoms with E-state index >= 15 is 0 Å². The second kappa shape index (κ2) is 7.09. The Balaban J connectivity index is 1.87.